The highest BCUT2D eigenvalue weighted by molar-refractivity contribution is 5.82. The number of rotatable bonds is 8. The number of nitrogens with one attached hydrogen (secondary N) is 1. The van der Waals surface area contributed by atoms with E-state index in [9.17, 15) is 4.79 Å². The van der Waals surface area contributed by atoms with Gasteiger partial charge in [0.2, 0.25) is 5.91 Å². The van der Waals surface area contributed by atoms with E-state index in [1.54, 1.807) is 6.33 Å². The zero-order valence-corrected chi connectivity index (χ0v) is 19.0. The second-order valence-corrected chi connectivity index (χ2v) is 8.68. The van der Waals surface area contributed by atoms with Gasteiger partial charge in [-0.15, -0.1) is 0 Å². The molecule has 4 aromatic rings. The average molecular weight is 449 g/mol. The Balaban J connectivity index is 1.15. The summed E-state index contributed by atoms with van der Waals surface area (Å²) in [5.41, 5.74) is 4.50. The molecule has 0 spiro atoms. The third-order valence-corrected chi connectivity index (χ3v) is 6.43. The molecule has 1 aliphatic heterocycles. The molecule has 0 unspecified atom stereocenters. The normalized spacial score (nSPS) is 13.5. The van der Waals surface area contributed by atoms with Gasteiger partial charge in [-0.1, -0.05) is 91.0 Å². The highest BCUT2D eigenvalue weighted by Crippen LogP contribution is 2.28. The Labute approximate surface area is 200 Å². The van der Waals surface area contributed by atoms with Gasteiger partial charge in [0.15, 0.2) is 0 Å². The van der Waals surface area contributed by atoms with Crippen molar-refractivity contribution in [1.82, 2.24) is 15.3 Å². The molecular formula is C29H28N4O. The monoisotopic (exact) mass is 448 g/mol. The van der Waals surface area contributed by atoms with E-state index < -0.39 is 0 Å². The van der Waals surface area contributed by atoms with Crippen molar-refractivity contribution in [2.24, 2.45) is 5.92 Å². The zero-order valence-electron chi connectivity index (χ0n) is 19.0. The van der Waals surface area contributed by atoms with Crippen LogP contribution in [0.4, 0.5) is 5.82 Å². The predicted molar refractivity (Wildman–Crippen MR) is 136 cm³/mol. The van der Waals surface area contributed by atoms with Crippen molar-refractivity contribution in [3.8, 4) is 11.3 Å². The highest BCUT2D eigenvalue weighted by Gasteiger charge is 2.33. The van der Waals surface area contributed by atoms with Crippen LogP contribution in [0.1, 0.15) is 23.5 Å². The smallest absolute Gasteiger partial charge is 0.226 e. The minimum atomic E-state index is -0.0120. The number of hydrogen-bond acceptors (Lipinski definition) is 4. The molecule has 3 aromatic carbocycles. The molecule has 1 amide bonds. The topological polar surface area (TPSA) is 58.1 Å². The lowest BCUT2D eigenvalue weighted by Crippen LogP contribution is -2.54. The Kier molecular flexibility index (Phi) is 6.61. The fourth-order valence-corrected chi connectivity index (χ4v) is 4.50. The van der Waals surface area contributed by atoms with Crippen LogP contribution in [0.25, 0.3) is 11.3 Å². The Hall–Kier alpha value is -3.99. The van der Waals surface area contributed by atoms with E-state index in [0.29, 0.717) is 19.6 Å². The molecule has 0 radical (unpaired) electrons. The number of carbonyl (C=O) groups excluding carboxylic acids is 1. The molecule has 1 saturated heterocycles. The van der Waals surface area contributed by atoms with E-state index in [1.807, 2.05) is 48.5 Å². The maximum Gasteiger partial charge on any atom is 0.226 e. The molecule has 0 saturated carbocycles. The Morgan fingerprint density at radius 3 is 2.06 bits per heavy atom. The van der Waals surface area contributed by atoms with Crippen LogP contribution in [0.15, 0.2) is 103 Å². The van der Waals surface area contributed by atoms with Gasteiger partial charge in [-0.25, -0.2) is 9.97 Å². The van der Waals surface area contributed by atoms with Crippen molar-refractivity contribution in [2.45, 2.75) is 12.3 Å². The summed E-state index contributed by atoms with van der Waals surface area (Å²) < 4.78 is 0. The minimum Gasteiger partial charge on any atom is -0.356 e. The number of hydrogen-bond donors (Lipinski definition) is 1. The van der Waals surface area contributed by atoms with E-state index in [-0.39, 0.29) is 17.7 Å². The molecule has 0 bridgehead atoms. The molecule has 5 rings (SSSR count). The van der Waals surface area contributed by atoms with E-state index in [4.69, 9.17) is 0 Å². The van der Waals surface area contributed by atoms with Crippen LogP contribution < -0.4 is 10.2 Å². The highest BCUT2D eigenvalue weighted by atomic mass is 16.2. The largest absolute Gasteiger partial charge is 0.356 e. The van der Waals surface area contributed by atoms with E-state index >= 15 is 0 Å². The maximum atomic E-state index is 12.8. The molecule has 5 heteroatoms. The molecule has 1 fully saturated rings. The lowest BCUT2D eigenvalue weighted by atomic mass is 9.88. The summed E-state index contributed by atoms with van der Waals surface area (Å²) in [7, 11) is 0. The van der Waals surface area contributed by atoms with Gasteiger partial charge in [0.1, 0.15) is 12.1 Å². The summed E-state index contributed by atoms with van der Waals surface area (Å²) in [4.78, 5) is 23.7. The van der Waals surface area contributed by atoms with Crippen molar-refractivity contribution in [3.63, 3.8) is 0 Å². The molecule has 2 heterocycles. The van der Waals surface area contributed by atoms with Gasteiger partial charge in [0.05, 0.1) is 11.6 Å². The Morgan fingerprint density at radius 2 is 1.44 bits per heavy atom. The molecule has 5 nitrogen and oxygen atoms in total. The number of benzene rings is 3. The van der Waals surface area contributed by atoms with E-state index in [2.05, 4.69) is 68.7 Å². The van der Waals surface area contributed by atoms with Crippen molar-refractivity contribution < 1.29 is 4.79 Å². The first-order valence-corrected chi connectivity index (χ1v) is 11.8. The van der Waals surface area contributed by atoms with Gasteiger partial charge < -0.3 is 10.2 Å². The molecule has 1 aromatic heterocycles. The van der Waals surface area contributed by atoms with Crippen LogP contribution in [0, 0.1) is 5.92 Å². The van der Waals surface area contributed by atoms with E-state index in [0.717, 1.165) is 23.5 Å². The van der Waals surface area contributed by atoms with Gasteiger partial charge in [-0.05, 0) is 17.5 Å². The van der Waals surface area contributed by atoms with Crippen LogP contribution in [-0.4, -0.2) is 35.5 Å². The second-order valence-electron chi connectivity index (χ2n) is 8.68. The Morgan fingerprint density at radius 1 is 0.853 bits per heavy atom. The fourth-order valence-electron chi connectivity index (χ4n) is 4.50. The lowest BCUT2D eigenvalue weighted by molar-refractivity contribution is -0.125. The number of carbonyl (C=O) groups is 1. The van der Waals surface area contributed by atoms with Gasteiger partial charge in [0.25, 0.3) is 0 Å². The fraction of sp³-hybridized carbons (Fsp3) is 0.207. The van der Waals surface area contributed by atoms with Gasteiger partial charge in [-0.3, -0.25) is 4.79 Å². The third-order valence-electron chi connectivity index (χ3n) is 6.43. The molecule has 1 aliphatic rings. The number of anilines is 1. The predicted octanol–water partition coefficient (Wildman–Crippen LogP) is 4.92. The van der Waals surface area contributed by atoms with Crippen LogP contribution in [-0.2, 0) is 4.79 Å². The van der Waals surface area contributed by atoms with Crippen molar-refractivity contribution in [2.75, 3.05) is 24.5 Å². The van der Waals surface area contributed by atoms with Gasteiger partial charge in [-0.2, -0.15) is 0 Å². The third kappa shape index (κ3) is 4.99. The molecule has 0 atom stereocenters. The summed E-state index contributed by atoms with van der Waals surface area (Å²) in [6.07, 6.45) is 2.46. The first-order chi connectivity index (χ1) is 16.8. The molecule has 0 aliphatic carbocycles. The molecule has 34 heavy (non-hydrogen) atoms. The number of nitrogens with zero attached hydrogens (tertiary/aromatic N) is 3. The SMILES string of the molecule is O=C(NCCC(c1ccccc1)c1ccccc1)C1CN(c2cc(-c3ccccc3)ncn2)C1. The van der Waals surface area contributed by atoms with Gasteiger partial charge in [0, 0.05) is 37.2 Å². The van der Waals surface area contributed by atoms with Crippen molar-refractivity contribution >= 4 is 11.7 Å². The first-order valence-electron chi connectivity index (χ1n) is 11.8. The van der Waals surface area contributed by atoms with E-state index in [1.165, 1.54) is 11.1 Å². The standard InChI is InChI=1S/C29H28N4O/c34-29(30-17-16-26(22-10-4-1-5-11-22)23-12-6-2-7-13-23)25-19-33(20-25)28-18-27(31-21-32-28)24-14-8-3-9-15-24/h1-15,18,21,25-26H,16-17,19-20H2,(H,30,34). The number of aromatic nitrogens is 2. The summed E-state index contributed by atoms with van der Waals surface area (Å²) in [5.74, 6) is 1.24. The number of amides is 1. The van der Waals surface area contributed by atoms with Crippen molar-refractivity contribution in [3.05, 3.63) is 115 Å². The summed E-state index contributed by atoms with van der Waals surface area (Å²) in [6, 6.07) is 33.1. The van der Waals surface area contributed by atoms with Gasteiger partial charge >= 0.3 is 0 Å². The van der Waals surface area contributed by atoms with Crippen LogP contribution in [0.3, 0.4) is 0 Å². The molecule has 1 N–H and O–H groups in total. The maximum absolute atomic E-state index is 12.8. The molecule has 170 valence electrons. The molecular weight excluding hydrogens is 420 g/mol. The quantitative estimate of drug-likeness (QED) is 0.416. The van der Waals surface area contributed by atoms with Crippen LogP contribution in [0.2, 0.25) is 0 Å². The van der Waals surface area contributed by atoms with Crippen molar-refractivity contribution in [1.29, 1.82) is 0 Å². The summed E-state index contributed by atoms with van der Waals surface area (Å²) >= 11 is 0. The summed E-state index contributed by atoms with van der Waals surface area (Å²) in [5, 5.41) is 3.17. The lowest BCUT2D eigenvalue weighted by Gasteiger charge is -2.39. The second kappa shape index (κ2) is 10.3. The zero-order chi connectivity index (χ0) is 23.2. The Bertz CT molecular complexity index is 1170. The summed E-state index contributed by atoms with van der Waals surface area (Å²) in [6.45, 7) is 2.01. The first kappa shape index (κ1) is 21.8. The van der Waals surface area contributed by atoms with Crippen LogP contribution in [0.5, 0.6) is 0 Å². The minimum absolute atomic E-state index is 0.0120. The van der Waals surface area contributed by atoms with Crippen LogP contribution >= 0.6 is 0 Å². The average Bonchev–Trinajstić information content (AvgIpc) is 2.87.